The van der Waals surface area contributed by atoms with Crippen LogP contribution in [0.15, 0.2) is 54.6 Å². The third-order valence-corrected chi connectivity index (χ3v) is 5.40. The minimum Gasteiger partial charge on any atom is -0.478 e. The summed E-state index contributed by atoms with van der Waals surface area (Å²) in [6.45, 7) is 9.42. The molecule has 0 spiro atoms. The van der Waals surface area contributed by atoms with Crippen LogP contribution in [0.2, 0.25) is 0 Å². The highest BCUT2D eigenvalue weighted by molar-refractivity contribution is 5.91. The minimum absolute atomic E-state index is 0.357. The zero-order valence-electron chi connectivity index (χ0n) is 17.0. The molecule has 146 valence electrons. The lowest BCUT2D eigenvalue weighted by molar-refractivity contribution is 0.0695. The van der Waals surface area contributed by atoms with Crippen molar-refractivity contribution in [3.05, 3.63) is 88.2 Å². The van der Waals surface area contributed by atoms with Gasteiger partial charge in [-0.05, 0) is 44.4 Å². The molecule has 0 aliphatic carbocycles. The normalized spacial score (nSPS) is 12.1. The molecule has 1 atom stereocenters. The molecule has 0 saturated heterocycles. The van der Waals surface area contributed by atoms with Crippen molar-refractivity contribution in [2.75, 3.05) is 6.54 Å². The average molecular weight is 377 g/mol. The van der Waals surface area contributed by atoms with Crippen LogP contribution in [-0.4, -0.2) is 22.2 Å². The van der Waals surface area contributed by atoms with Crippen LogP contribution < -0.4 is 5.32 Å². The van der Waals surface area contributed by atoms with Gasteiger partial charge in [0.05, 0.1) is 5.56 Å². The van der Waals surface area contributed by atoms with Crippen LogP contribution in [0, 0.1) is 20.8 Å². The summed E-state index contributed by atoms with van der Waals surface area (Å²) in [5, 5.41) is 13.3. The molecule has 1 aromatic heterocycles. The molecule has 3 rings (SSSR count). The van der Waals surface area contributed by atoms with Crippen LogP contribution in [0.25, 0.3) is 5.69 Å². The summed E-state index contributed by atoms with van der Waals surface area (Å²) >= 11 is 0. The Balaban J connectivity index is 1.85. The molecule has 1 heterocycles. The molecule has 2 aromatic carbocycles. The molecule has 0 saturated carbocycles. The van der Waals surface area contributed by atoms with Gasteiger partial charge in [-0.1, -0.05) is 55.0 Å². The molecule has 0 amide bonds. The molecule has 4 nitrogen and oxygen atoms in total. The van der Waals surface area contributed by atoms with E-state index in [0.717, 1.165) is 29.2 Å². The zero-order chi connectivity index (χ0) is 20.3. The summed E-state index contributed by atoms with van der Waals surface area (Å²) in [7, 11) is 0. The van der Waals surface area contributed by atoms with Gasteiger partial charge in [-0.15, -0.1) is 0 Å². The van der Waals surface area contributed by atoms with Gasteiger partial charge in [0.1, 0.15) is 0 Å². The number of nitrogens with one attached hydrogen (secondary N) is 1. The van der Waals surface area contributed by atoms with Crippen molar-refractivity contribution >= 4 is 5.97 Å². The Morgan fingerprint density at radius 2 is 1.64 bits per heavy atom. The molecular weight excluding hydrogens is 348 g/mol. The third kappa shape index (κ3) is 4.02. The second-order valence-electron chi connectivity index (χ2n) is 7.44. The summed E-state index contributed by atoms with van der Waals surface area (Å²) in [6, 6.07) is 18.5. The monoisotopic (exact) mass is 376 g/mol. The number of rotatable bonds is 7. The van der Waals surface area contributed by atoms with Gasteiger partial charge in [0.15, 0.2) is 0 Å². The van der Waals surface area contributed by atoms with Gasteiger partial charge in [0.25, 0.3) is 0 Å². The Morgan fingerprint density at radius 3 is 2.25 bits per heavy atom. The maximum absolute atomic E-state index is 12.0. The molecule has 28 heavy (non-hydrogen) atoms. The first kappa shape index (κ1) is 19.9. The molecule has 4 heteroatoms. The smallest absolute Gasteiger partial charge is 0.337 e. The summed E-state index contributed by atoms with van der Waals surface area (Å²) in [5.74, 6) is -0.519. The second-order valence-corrected chi connectivity index (χ2v) is 7.44. The fourth-order valence-corrected chi connectivity index (χ4v) is 3.79. The Kier molecular flexibility index (Phi) is 6.00. The van der Waals surface area contributed by atoms with Crippen molar-refractivity contribution in [2.24, 2.45) is 0 Å². The zero-order valence-corrected chi connectivity index (χ0v) is 17.0. The average Bonchev–Trinajstić information content (AvgIpc) is 2.93. The van der Waals surface area contributed by atoms with E-state index < -0.39 is 5.97 Å². The van der Waals surface area contributed by atoms with Crippen LogP contribution in [0.5, 0.6) is 0 Å². The van der Waals surface area contributed by atoms with Crippen LogP contribution in [-0.2, 0) is 6.54 Å². The lowest BCUT2D eigenvalue weighted by Gasteiger charge is -2.14. The van der Waals surface area contributed by atoms with E-state index in [9.17, 15) is 9.90 Å². The van der Waals surface area contributed by atoms with Crippen molar-refractivity contribution in [1.82, 2.24) is 9.88 Å². The molecule has 0 aliphatic heterocycles. The van der Waals surface area contributed by atoms with E-state index in [1.165, 1.54) is 11.1 Å². The second kappa shape index (κ2) is 8.44. The first-order chi connectivity index (χ1) is 13.4. The van der Waals surface area contributed by atoms with Gasteiger partial charge >= 0.3 is 5.97 Å². The van der Waals surface area contributed by atoms with Gasteiger partial charge in [0.2, 0.25) is 0 Å². The van der Waals surface area contributed by atoms with Crippen molar-refractivity contribution in [3.63, 3.8) is 0 Å². The maximum atomic E-state index is 12.0. The first-order valence-corrected chi connectivity index (χ1v) is 9.67. The van der Waals surface area contributed by atoms with E-state index in [1.807, 2.05) is 67.8 Å². The van der Waals surface area contributed by atoms with Crippen molar-refractivity contribution in [3.8, 4) is 5.69 Å². The van der Waals surface area contributed by atoms with Crippen LogP contribution >= 0.6 is 0 Å². The third-order valence-electron chi connectivity index (χ3n) is 5.40. The topological polar surface area (TPSA) is 54.3 Å². The summed E-state index contributed by atoms with van der Waals surface area (Å²) in [5.41, 5.74) is 6.44. The van der Waals surface area contributed by atoms with Crippen LogP contribution in [0.1, 0.15) is 51.3 Å². The van der Waals surface area contributed by atoms with Crippen molar-refractivity contribution in [2.45, 2.75) is 40.2 Å². The molecule has 0 radical (unpaired) electrons. The van der Waals surface area contributed by atoms with Crippen molar-refractivity contribution < 1.29 is 9.90 Å². The Labute approximate surface area is 166 Å². The number of hydrogen-bond donors (Lipinski definition) is 2. The number of benzene rings is 2. The number of hydrogen-bond acceptors (Lipinski definition) is 2. The van der Waals surface area contributed by atoms with Gasteiger partial charge in [-0.2, -0.15) is 0 Å². The summed E-state index contributed by atoms with van der Waals surface area (Å²) in [4.78, 5) is 12.0. The van der Waals surface area contributed by atoms with Gasteiger partial charge in [-0.3, -0.25) is 0 Å². The van der Waals surface area contributed by atoms with E-state index in [2.05, 4.69) is 24.4 Å². The molecular formula is C24H28N2O2. The number of carbonyl (C=O) groups is 1. The number of aryl methyl sites for hydroxylation is 1. The summed E-state index contributed by atoms with van der Waals surface area (Å²) in [6.07, 6.45) is 0. The summed E-state index contributed by atoms with van der Waals surface area (Å²) < 4.78 is 2.04. The lowest BCUT2D eigenvalue weighted by Crippen LogP contribution is -2.21. The Bertz CT molecular complexity index is 957. The molecule has 0 fully saturated rings. The van der Waals surface area contributed by atoms with E-state index >= 15 is 0 Å². The fraction of sp³-hybridized carbons (Fsp3) is 0.292. The highest BCUT2D eigenvalue weighted by Crippen LogP contribution is 2.27. The van der Waals surface area contributed by atoms with E-state index in [0.29, 0.717) is 18.0 Å². The van der Waals surface area contributed by atoms with E-state index in [1.54, 1.807) is 0 Å². The number of nitrogens with zero attached hydrogens (tertiary/aromatic N) is 1. The van der Waals surface area contributed by atoms with Crippen LogP contribution in [0.3, 0.4) is 0 Å². The number of carboxylic acid groups (broad SMARTS) is 1. The number of carboxylic acids is 1. The molecule has 3 aromatic rings. The first-order valence-electron chi connectivity index (χ1n) is 9.67. The highest BCUT2D eigenvalue weighted by atomic mass is 16.4. The Morgan fingerprint density at radius 1 is 1.00 bits per heavy atom. The highest BCUT2D eigenvalue weighted by Gasteiger charge is 2.23. The molecule has 1 unspecified atom stereocenters. The molecule has 0 aliphatic rings. The predicted molar refractivity (Wildman–Crippen MR) is 114 cm³/mol. The fourth-order valence-electron chi connectivity index (χ4n) is 3.79. The maximum Gasteiger partial charge on any atom is 0.337 e. The molecule has 0 bridgehead atoms. The SMILES string of the molecule is Cc1ccc(-n2c(C)c(CNCC(C)c3ccccc3)c(C(=O)O)c2C)cc1. The number of aromatic carboxylic acids is 1. The van der Waals surface area contributed by atoms with E-state index in [-0.39, 0.29) is 0 Å². The van der Waals surface area contributed by atoms with Gasteiger partial charge < -0.3 is 15.0 Å². The van der Waals surface area contributed by atoms with Gasteiger partial charge in [-0.25, -0.2) is 4.79 Å². The Hall–Kier alpha value is -2.85. The lowest BCUT2D eigenvalue weighted by atomic mass is 10.0. The number of aromatic nitrogens is 1. The van der Waals surface area contributed by atoms with Crippen molar-refractivity contribution in [1.29, 1.82) is 0 Å². The largest absolute Gasteiger partial charge is 0.478 e. The standard InChI is InChI=1S/C24H28N2O2/c1-16-10-12-21(13-11-16)26-18(3)22(23(19(26)4)24(27)28)15-25-14-17(2)20-8-6-5-7-9-20/h5-13,17,25H,14-15H2,1-4H3,(H,27,28). The quantitative estimate of drug-likeness (QED) is 0.610. The van der Waals surface area contributed by atoms with Gasteiger partial charge in [0, 0.05) is 35.7 Å². The minimum atomic E-state index is -0.876. The molecule has 2 N–H and O–H groups in total. The predicted octanol–water partition coefficient (Wildman–Crippen LogP) is 4.99. The van der Waals surface area contributed by atoms with E-state index in [4.69, 9.17) is 0 Å². The van der Waals surface area contributed by atoms with Crippen LogP contribution in [0.4, 0.5) is 0 Å².